The van der Waals surface area contributed by atoms with Crippen LogP contribution in [0.25, 0.3) is 0 Å². The van der Waals surface area contributed by atoms with Crippen LogP contribution in [0.4, 0.5) is 0 Å². The van der Waals surface area contributed by atoms with Crippen molar-refractivity contribution >= 4 is 16.2 Å². The highest BCUT2D eigenvalue weighted by Crippen LogP contribution is 2.07. The maximum absolute atomic E-state index is 12.0. The third-order valence-corrected chi connectivity index (χ3v) is 4.18. The Morgan fingerprint density at radius 3 is 2.55 bits per heavy atom. The predicted molar refractivity (Wildman–Crippen MR) is 76.2 cm³/mol. The quantitative estimate of drug-likeness (QED) is 0.701. The molecule has 7 heteroatoms. The summed E-state index contributed by atoms with van der Waals surface area (Å²) in [5.41, 5.74) is 0.816. The van der Waals surface area contributed by atoms with Gasteiger partial charge in [0.2, 0.25) is 0 Å². The maximum atomic E-state index is 12.0. The molecule has 20 heavy (non-hydrogen) atoms. The van der Waals surface area contributed by atoms with Gasteiger partial charge in [-0.15, -0.1) is 6.58 Å². The molecule has 2 N–H and O–H groups in total. The summed E-state index contributed by atoms with van der Waals surface area (Å²) >= 11 is 0. The predicted octanol–water partition coefficient (Wildman–Crippen LogP) is 0.982. The fourth-order valence-corrected chi connectivity index (χ4v) is 2.62. The molecule has 0 saturated carbocycles. The van der Waals surface area contributed by atoms with E-state index >= 15 is 0 Å². The molecule has 0 aliphatic carbocycles. The topological polar surface area (TPSA) is 86.7 Å². The van der Waals surface area contributed by atoms with E-state index in [4.69, 9.17) is 5.11 Å². The van der Waals surface area contributed by atoms with Crippen LogP contribution >= 0.6 is 0 Å². The van der Waals surface area contributed by atoms with E-state index in [0.717, 1.165) is 9.87 Å². The summed E-state index contributed by atoms with van der Waals surface area (Å²) < 4.78 is 27.3. The highest BCUT2D eigenvalue weighted by atomic mass is 32.2. The van der Waals surface area contributed by atoms with Gasteiger partial charge in [0.05, 0.1) is 0 Å². The van der Waals surface area contributed by atoms with Crippen molar-refractivity contribution in [3.8, 4) is 0 Å². The number of aliphatic carboxylic acids is 1. The average Bonchev–Trinajstić information content (AvgIpc) is 2.39. The smallest absolute Gasteiger partial charge is 0.322 e. The number of hydrogen-bond acceptors (Lipinski definition) is 3. The molecule has 1 atom stereocenters. The summed E-state index contributed by atoms with van der Waals surface area (Å²) in [5, 5.41) is 8.95. The number of benzene rings is 1. The number of nitrogens with one attached hydrogen (secondary N) is 1. The SMILES string of the molecule is C=CCC(NS(=O)(=O)N(C)Cc1ccccc1)C(=O)O. The van der Waals surface area contributed by atoms with E-state index < -0.39 is 22.2 Å². The van der Waals surface area contributed by atoms with Gasteiger partial charge in [0.15, 0.2) is 0 Å². The monoisotopic (exact) mass is 298 g/mol. The van der Waals surface area contributed by atoms with Crippen LogP contribution in [0.15, 0.2) is 43.0 Å². The van der Waals surface area contributed by atoms with Crippen LogP contribution in [0.1, 0.15) is 12.0 Å². The van der Waals surface area contributed by atoms with E-state index in [1.54, 1.807) is 24.3 Å². The maximum Gasteiger partial charge on any atom is 0.322 e. The fraction of sp³-hybridized carbons (Fsp3) is 0.308. The van der Waals surface area contributed by atoms with Crippen LogP contribution in [0.2, 0.25) is 0 Å². The minimum absolute atomic E-state index is 0.0216. The first-order chi connectivity index (χ1) is 9.36. The number of rotatable bonds is 8. The lowest BCUT2D eigenvalue weighted by Crippen LogP contribution is -2.46. The van der Waals surface area contributed by atoms with Crippen LogP contribution in [-0.2, 0) is 21.5 Å². The van der Waals surface area contributed by atoms with Crippen LogP contribution < -0.4 is 4.72 Å². The van der Waals surface area contributed by atoms with Crippen LogP contribution in [-0.4, -0.2) is 36.9 Å². The van der Waals surface area contributed by atoms with Gasteiger partial charge in [-0.1, -0.05) is 36.4 Å². The Hall–Kier alpha value is -1.70. The van der Waals surface area contributed by atoms with E-state index in [2.05, 4.69) is 11.3 Å². The summed E-state index contributed by atoms with van der Waals surface area (Å²) in [6.07, 6.45) is 1.38. The van der Waals surface area contributed by atoms with Crippen LogP contribution in [0.5, 0.6) is 0 Å². The summed E-state index contributed by atoms with van der Waals surface area (Å²) in [5.74, 6) is -1.23. The van der Waals surface area contributed by atoms with Gasteiger partial charge in [-0.05, 0) is 12.0 Å². The largest absolute Gasteiger partial charge is 0.480 e. The molecule has 6 nitrogen and oxygen atoms in total. The van der Waals surface area contributed by atoms with E-state index in [9.17, 15) is 13.2 Å². The van der Waals surface area contributed by atoms with E-state index in [0.29, 0.717) is 0 Å². The zero-order valence-electron chi connectivity index (χ0n) is 11.2. The first kappa shape index (κ1) is 16.4. The lowest BCUT2D eigenvalue weighted by atomic mass is 10.2. The zero-order valence-corrected chi connectivity index (χ0v) is 12.0. The number of carboxylic acid groups (broad SMARTS) is 1. The number of carbonyl (C=O) groups is 1. The summed E-state index contributed by atoms with van der Waals surface area (Å²) in [6.45, 7) is 3.58. The molecule has 1 rings (SSSR count). The van der Waals surface area contributed by atoms with Crippen molar-refractivity contribution in [1.29, 1.82) is 0 Å². The molecule has 1 unspecified atom stereocenters. The van der Waals surface area contributed by atoms with Crippen molar-refractivity contribution in [2.45, 2.75) is 19.0 Å². The first-order valence-corrected chi connectivity index (χ1v) is 7.42. The molecule has 0 heterocycles. The number of hydrogen-bond donors (Lipinski definition) is 2. The van der Waals surface area contributed by atoms with Crippen molar-refractivity contribution in [3.05, 3.63) is 48.6 Å². The van der Waals surface area contributed by atoms with E-state index in [1.165, 1.54) is 13.1 Å². The Labute approximate surface area is 118 Å². The molecule has 0 saturated heterocycles. The Balaban J connectivity index is 2.76. The molecular formula is C13H18N2O4S. The Bertz CT molecular complexity index is 557. The summed E-state index contributed by atoms with van der Waals surface area (Å²) in [6, 6.07) is 7.83. The van der Waals surface area contributed by atoms with Crippen molar-refractivity contribution in [2.24, 2.45) is 0 Å². The lowest BCUT2D eigenvalue weighted by Gasteiger charge is -2.20. The Kier molecular flexibility index (Phi) is 5.87. The third-order valence-electron chi connectivity index (χ3n) is 2.65. The van der Waals surface area contributed by atoms with Gasteiger partial charge in [0.25, 0.3) is 10.2 Å². The van der Waals surface area contributed by atoms with E-state index in [-0.39, 0.29) is 13.0 Å². The molecule has 0 aromatic heterocycles. The highest BCUT2D eigenvalue weighted by molar-refractivity contribution is 7.87. The Morgan fingerprint density at radius 1 is 1.45 bits per heavy atom. The van der Waals surface area contributed by atoms with Gasteiger partial charge in [0, 0.05) is 13.6 Å². The second kappa shape index (κ2) is 7.18. The van der Waals surface area contributed by atoms with E-state index in [1.807, 2.05) is 6.07 Å². The first-order valence-electron chi connectivity index (χ1n) is 5.98. The van der Waals surface area contributed by atoms with Crippen LogP contribution in [0.3, 0.4) is 0 Å². The van der Waals surface area contributed by atoms with Gasteiger partial charge in [-0.3, -0.25) is 4.79 Å². The second-order valence-corrected chi connectivity index (χ2v) is 6.09. The molecule has 0 aliphatic heterocycles. The molecule has 110 valence electrons. The third kappa shape index (κ3) is 4.76. The summed E-state index contributed by atoms with van der Waals surface area (Å²) in [7, 11) is -2.48. The van der Waals surface area contributed by atoms with Gasteiger partial charge in [-0.2, -0.15) is 17.4 Å². The second-order valence-electron chi connectivity index (χ2n) is 4.28. The van der Waals surface area contributed by atoms with Gasteiger partial charge in [-0.25, -0.2) is 0 Å². The lowest BCUT2D eigenvalue weighted by molar-refractivity contribution is -0.138. The standard InChI is InChI=1S/C13H18N2O4S/c1-3-7-12(13(16)17)14-20(18,19)15(2)10-11-8-5-4-6-9-11/h3-6,8-9,12,14H,1,7,10H2,2H3,(H,16,17). The van der Waals surface area contributed by atoms with Crippen molar-refractivity contribution in [2.75, 3.05) is 7.05 Å². The molecule has 0 amide bonds. The van der Waals surface area contributed by atoms with Crippen molar-refractivity contribution in [3.63, 3.8) is 0 Å². The van der Waals surface area contributed by atoms with Crippen LogP contribution in [0, 0.1) is 0 Å². The molecule has 0 fully saturated rings. The molecule has 0 aliphatic rings. The summed E-state index contributed by atoms with van der Waals surface area (Å²) in [4.78, 5) is 11.0. The van der Waals surface area contributed by atoms with Gasteiger partial charge >= 0.3 is 5.97 Å². The average molecular weight is 298 g/mol. The minimum Gasteiger partial charge on any atom is -0.480 e. The Morgan fingerprint density at radius 2 is 2.05 bits per heavy atom. The molecule has 0 bridgehead atoms. The highest BCUT2D eigenvalue weighted by Gasteiger charge is 2.26. The van der Waals surface area contributed by atoms with Crippen molar-refractivity contribution < 1.29 is 18.3 Å². The normalized spacial score (nSPS) is 13.1. The molecular weight excluding hydrogens is 280 g/mol. The minimum atomic E-state index is -3.87. The number of nitrogens with zero attached hydrogens (tertiary/aromatic N) is 1. The molecule has 1 aromatic rings. The van der Waals surface area contributed by atoms with Gasteiger partial charge in [0.1, 0.15) is 6.04 Å². The fourth-order valence-electron chi connectivity index (χ4n) is 1.56. The number of carboxylic acids is 1. The molecule has 0 radical (unpaired) electrons. The molecule has 1 aromatic carbocycles. The zero-order chi connectivity index (χ0) is 15.2. The van der Waals surface area contributed by atoms with Crippen molar-refractivity contribution in [1.82, 2.24) is 9.03 Å². The molecule has 0 spiro atoms. The van der Waals surface area contributed by atoms with Gasteiger partial charge < -0.3 is 5.11 Å².